The standard InChI is InChI=1S/C72H54N2O2.C66H42N2O2/c1-45(2)47-21-13-25-53(39-47)73(55-27-15-23-49(41-55)59-33-17-35-63-61-31-9-11-37-67(61)75-71(59)63)69-57-29-7-5-19-51(57)44-66-65(69)43-52-20-6-8-30-58(52)70(66)74(54-26-14-22-48(40-54)46(3)4)56-28-16-24-50(42-56)60-34-18-36-64-62-32-10-12-38-68(62)76-72(60)64;1-3-23-47(24-4-1)67(49-27-15-21-43(39-49)53-33-17-35-57-55-31-11-13-37-61(55)69-65(53)57)63-51-29-9-7-19-45(51)42-60-59(63)41-46-20-8-10-30-52(46)64(60)68(48-25-5-2-6-26-48)50-28-16-22-44(40-50)54-34-18-36-58-56-32-12-14-38-62(56)70-66(54)58/h5-46H,1-4H3;1-42H. The van der Waals surface area contributed by atoms with E-state index in [-0.39, 0.29) is 0 Å². The summed E-state index contributed by atoms with van der Waals surface area (Å²) in [6.45, 7) is 9.11. The van der Waals surface area contributed by atoms with Crippen LogP contribution in [0.4, 0.5) is 68.2 Å². The van der Waals surface area contributed by atoms with Crippen LogP contribution in [0.2, 0.25) is 0 Å². The van der Waals surface area contributed by atoms with Crippen molar-refractivity contribution < 1.29 is 17.7 Å². The highest BCUT2D eigenvalue weighted by Crippen LogP contribution is 2.57. The van der Waals surface area contributed by atoms with Crippen molar-refractivity contribution in [2.45, 2.75) is 39.5 Å². The monoisotopic (exact) mass is 1870 g/mol. The fourth-order valence-corrected chi connectivity index (χ4v) is 22.6. The molecule has 4 heterocycles. The quantitative estimate of drug-likeness (QED) is 0.0788. The smallest absolute Gasteiger partial charge is 0.143 e. The number of benzene rings is 24. The van der Waals surface area contributed by atoms with Crippen LogP contribution in [0, 0.1) is 0 Å². The van der Waals surface area contributed by atoms with E-state index >= 15 is 0 Å². The first-order chi connectivity index (χ1) is 72.1. The number of para-hydroxylation sites is 10. The summed E-state index contributed by atoms with van der Waals surface area (Å²) in [6, 6.07) is 180. The van der Waals surface area contributed by atoms with E-state index in [1.807, 2.05) is 24.3 Å². The van der Waals surface area contributed by atoms with Gasteiger partial charge in [-0.05, 0) is 212 Å². The van der Waals surface area contributed by atoms with Crippen molar-refractivity contribution in [3.63, 3.8) is 0 Å². The molecular formula is C138H96N4O4. The molecule has 0 saturated heterocycles. The molecule has 0 saturated carbocycles. The molecule has 8 nitrogen and oxygen atoms in total. The predicted octanol–water partition coefficient (Wildman–Crippen LogP) is 40.7. The summed E-state index contributed by atoms with van der Waals surface area (Å²) in [6.07, 6.45) is 0. The molecular weight excluding hydrogens is 1780 g/mol. The Morgan fingerprint density at radius 3 is 0.610 bits per heavy atom. The lowest BCUT2D eigenvalue weighted by molar-refractivity contribution is 0.669. The topological polar surface area (TPSA) is 65.5 Å². The van der Waals surface area contributed by atoms with Crippen LogP contribution in [-0.4, -0.2) is 0 Å². The molecule has 28 rings (SSSR count). The normalized spacial score (nSPS) is 11.8. The summed E-state index contributed by atoms with van der Waals surface area (Å²) in [5, 5.41) is 22.6. The van der Waals surface area contributed by atoms with Crippen LogP contribution in [-0.2, 0) is 0 Å². The predicted molar refractivity (Wildman–Crippen MR) is 616 cm³/mol. The van der Waals surface area contributed by atoms with E-state index in [2.05, 4.69) is 520 Å². The van der Waals surface area contributed by atoms with Crippen LogP contribution in [0.25, 0.3) is 197 Å². The highest BCUT2D eigenvalue weighted by molar-refractivity contribution is 6.27. The molecule has 28 aromatic rings. The minimum Gasteiger partial charge on any atom is -0.455 e. The zero-order valence-electron chi connectivity index (χ0n) is 80.9. The van der Waals surface area contributed by atoms with Crippen molar-refractivity contribution in [3.05, 3.63) is 509 Å². The molecule has 0 bridgehead atoms. The van der Waals surface area contributed by atoms with Gasteiger partial charge >= 0.3 is 0 Å². The Bertz CT molecular complexity index is 9470. The Kier molecular flexibility index (Phi) is 21.2. The molecule has 0 aliphatic heterocycles. The summed E-state index contributed by atoms with van der Waals surface area (Å²) in [5.74, 6) is 0.645. The lowest BCUT2D eigenvalue weighted by Gasteiger charge is -2.32. The Morgan fingerprint density at radius 1 is 0.151 bits per heavy atom. The van der Waals surface area contributed by atoms with Gasteiger partial charge in [-0.25, -0.2) is 0 Å². The second-order valence-electron chi connectivity index (χ2n) is 38.8. The van der Waals surface area contributed by atoms with Crippen LogP contribution in [0.1, 0.15) is 50.7 Å². The van der Waals surface area contributed by atoms with Crippen molar-refractivity contribution in [2.75, 3.05) is 19.6 Å². The van der Waals surface area contributed by atoms with Gasteiger partial charge in [0.2, 0.25) is 0 Å². The Balaban J connectivity index is 0.000000145. The first-order valence-electron chi connectivity index (χ1n) is 50.4. The SMILES string of the molecule is CC(C)c1cccc(N(c2cccc(-c3cccc4c3oc3ccccc34)c2)c2c3ccccc3cc3c(N(c4cccc(-c5cccc6c5oc5ccccc56)c4)c4cccc(C(C)C)c4)c4ccccc4cc23)c1.c1ccc(N(c2cccc(-c3cccc4c3oc3ccccc34)c2)c2c3ccccc3cc3c(N(c4ccccc4)c4cccc(-c5cccc6c5oc5ccccc56)c4)c4ccccc4cc23)cc1. The first-order valence-corrected chi connectivity index (χ1v) is 50.4. The van der Waals surface area contributed by atoms with Gasteiger partial charge in [0.15, 0.2) is 0 Å². The fraction of sp³-hybridized carbons (Fsp3) is 0.0435. The summed E-state index contributed by atoms with van der Waals surface area (Å²) in [5.41, 5.74) is 31.1. The van der Waals surface area contributed by atoms with E-state index in [9.17, 15) is 0 Å². The lowest BCUT2D eigenvalue weighted by atomic mass is 9.92. The molecule has 0 aliphatic carbocycles. The molecule has 4 aromatic heterocycles. The average Bonchev–Trinajstić information content (AvgIpc) is 1.02. The van der Waals surface area contributed by atoms with Crippen molar-refractivity contribution in [1.82, 2.24) is 0 Å². The van der Waals surface area contributed by atoms with E-state index in [0.717, 1.165) is 265 Å². The van der Waals surface area contributed by atoms with Crippen LogP contribution in [0.15, 0.2) is 515 Å². The molecule has 24 aromatic carbocycles. The number of nitrogens with zero attached hydrogens (tertiary/aromatic N) is 4. The van der Waals surface area contributed by atoms with Crippen molar-refractivity contribution in [3.8, 4) is 44.5 Å². The van der Waals surface area contributed by atoms with E-state index in [1.54, 1.807) is 0 Å². The number of anilines is 12. The van der Waals surface area contributed by atoms with Crippen molar-refractivity contribution in [1.29, 1.82) is 0 Å². The summed E-state index contributed by atoms with van der Waals surface area (Å²) < 4.78 is 26.6. The number of hydrogen-bond acceptors (Lipinski definition) is 8. The van der Waals surface area contributed by atoms with Crippen molar-refractivity contribution >= 4 is 221 Å². The van der Waals surface area contributed by atoms with Crippen LogP contribution < -0.4 is 19.6 Å². The third kappa shape index (κ3) is 14.8. The van der Waals surface area contributed by atoms with Gasteiger partial charge in [-0.2, -0.15) is 0 Å². The maximum atomic E-state index is 6.68. The molecule has 8 heteroatoms. The van der Waals surface area contributed by atoms with Gasteiger partial charge in [0.1, 0.15) is 44.7 Å². The fourth-order valence-electron chi connectivity index (χ4n) is 22.6. The maximum absolute atomic E-state index is 6.68. The Hall–Kier alpha value is -18.8. The van der Waals surface area contributed by atoms with E-state index in [1.165, 1.54) is 11.1 Å². The summed E-state index contributed by atoms with van der Waals surface area (Å²) in [7, 11) is 0. The number of fused-ring (bicyclic) bond motifs is 18. The molecule has 0 aliphatic rings. The Labute approximate surface area is 844 Å². The molecule has 146 heavy (non-hydrogen) atoms. The lowest BCUT2D eigenvalue weighted by Crippen LogP contribution is -2.14. The zero-order chi connectivity index (χ0) is 97.1. The van der Waals surface area contributed by atoms with Gasteiger partial charge in [-0.1, -0.05) is 380 Å². The van der Waals surface area contributed by atoms with Crippen LogP contribution in [0.5, 0.6) is 0 Å². The third-order valence-corrected chi connectivity index (χ3v) is 29.5. The zero-order valence-corrected chi connectivity index (χ0v) is 80.9. The molecule has 0 unspecified atom stereocenters. The molecule has 692 valence electrons. The maximum Gasteiger partial charge on any atom is 0.143 e. The van der Waals surface area contributed by atoms with Crippen molar-refractivity contribution in [2.24, 2.45) is 0 Å². The molecule has 0 amide bonds. The minimum atomic E-state index is 0.323. The van der Waals surface area contributed by atoms with E-state index in [0.29, 0.717) is 11.8 Å². The van der Waals surface area contributed by atoms with Gasteiger partial charge in [-0.15, -0.1) is 0 Å². The largest absolute Gasteiger partial charge is 0.455 e. The van der Waals surface area contributed by atoms with Gasteiger partial charge in [0.05, 0.1) is 22.7 Å². The molecule has 0 fully saturated rings. The van der Waals surface area contributed by atoms with Gasteiger partial charge in [0, 0.05) is 154 Å². The molecule has 0 spiro atoms. The van der Waals surface area contributed by atoms with E-state index < -0.39 is 0 Å². The molecule has 0 radical (unpaired) electrons. The highest BCUT2D eigenvalue weighted by atomic mass is 16.3. The summed E-state index contributed by atoms with van der Waals surface area (Å²) >= 11 is 0. The molecule has 0 N–H and O–H groups in total. The van der Waals surface area contributed by atoms with Crippen LogP contribution >= 0.6 is 0 Å². The minimum absolute atomic E-state index is 0.323. The number of hydrogen-bond donors (Lipinski definition) is 0. The molecule has 0 atom stereocenters. The number of furan rings is 4. The first kappa shape index (κ1) is 86.4. The number of rotatable bonds is 18. The second-order valence-corrected chi connectivity index (χ2v) is 38.8. The van der Waals surface area contributed by atoms with Gasteiger partial charge in [0.25, 0.3) is 0 Å². The average molecular weight is 1870 g/mol. The van der Waals surface area contributed by atoms with Gasteiger partial charge in [-0.3, -0.25) is 0 Å². The highest BCUT2D eigenvalue weighted by Gasteiger charge is 2.31. The van der Waals surface area contributed by atoms with E-state index in [4.69, 9.17) is 17.7 Å². The summed E-state index contributed by atoms with van der Waals surface area (Å²) in [4.78, 5) is 9.92. The van der Waals surface area contributed by atoms with Crippen LogP contribution in [0.3, 0.4) is 0 Å². The Morgan fingerprint density at radius 2 is 0.349 bits per heavy atom. The van der Waals surface area contributed by atoms with Gasteiger partial charge < -0.3 is 37.3 Å². The second kappa shape index (κ2) is 35.8. The third-order valence-electron chi connectivity index (χ3n) is 29.5.